The molecular weight excluding hydrogens is 1360 g/mol. The molecule has 2 aromatic carbocycles. The highest BCUT2D eigenvalue weighted by Crippen LogP contribution is 2.38. The summed E-state index contributed by atoms with van der Waals surface area (Å²) in [6, 6.07) is 8.02. The number of sulfonamides is 2. The molecule has 6 amide bonds. The van der Waals surface area contributed by atoms with E-state index in [0.29, 0.717) is 16.5 Å². The molecule has 5 aromatic rings. The molecule has 9 N–H and O–H groups in total. The van der Waals surface area contributed by atoms with Gasteiger partial charge in [-0.05, 0) is 75.4 Å². The maximum absolute atomic E-state index is 14.3. The van der Waals surface area contributed by atoms with Gasteiger partial charge in [0.25, 0.3) is 20.0 Å². The van der Waals surface area contributed by atoms with Crippen molar-refractivity contribution in [3.05, 3.63) is 94.6 Å². The molecule has 0 atom stereocenters. The van der Waals surface area contributed by atoms with Crippen molar-refractivity contribution < 1.29 is 129 Å². The molecule has 4 heterocycles. The highest BCUT2D eigenvalue weighted by molar-refractivity contribution is 7.93. The van der Waals surface area contributed by atoms with Gasteiger partial charge in [-0.25, -0.2) is 59.7 Å². The standard InChI is InChI=1S/C17H17ClFNO4.C14H10F4N4O7S.C14H17N5O7S2.C3H8NO5P/c1-9(2)15-16(21)20(17(22)24-15)13-8-14(11(18)7-12(13)19)23-10-5-3-4-6-10;15-11(16)28-8-5-9(29-12(17)18)20-13(19-8)21-14(25)22-30(26,27)7-4-2-1-3-6(7)10(23)24;1-4-27(21,22)9-6-5-7-15-12(9)28(23,24)19-14(20)18-13-16-10(25-2)8-11(17-13)26-3;5-3(6)1-4-2-10(7,8)9/h7-8,10H,3-6H2,1-2H3;1-5,11-12H,(H,23,24)(H2,19,20,21,22,25);5-8H,4H2,1-3H3,(H2,16,17,18,19,20);4H,1-2H2,(H,5,6)(H2,7,8,9). The highest BCUT2D eigenvalue weighted by atomic mass is 35.5. The van der Waals surface area contributed by atoms with Crippen LogP contribution in [0.3, 0.4) is 0 Å². The Balaban J connectivity index is 0.000000275. The van der Waals surface area contributed by atoms with Gasteiger partial charge in [-0.1, -0.05) is 30.7 Å². The van der Waals surface area contributed by atoms with Crippen molar-refractivity contribution in [3.8, 4) is 29.3 Å². The molecule has 0 unspecified atom stereocenters. The number of aromatic nitrogens is 5. The molecule has 44 heteroatoms. The van der Waals surface area contributed by atoms with Crippen LogP contribution in [0.4, 0.5) is 53.9 Å². The largest absolute Gasteiger partial charge is 0.489 e. The zero-order valence-corrected chi connectivity index (χ0v) is 51.8. The highest BCUT2D eigenvalue weighted by Gasteiger charge is 2.41. The summed E-state index contributed by atoms with van der Waals surface area (Å²) < 4.78 is 179. The van der Waals surface area contributed by atoms with E-state index in [9.17, 15) is 80.5 Å². The lowest BCUT2D eigenvalue weighted by Crippen LogP contribution is -2.36. The van der Waals surface area contributed by atoms with Crippen molar-refractivity contribution >= 4 is 103 Å². The number of methoxy groups -OCH3 is 2. The summed E-state index contributed by atoms with van der Waals surface area (Å²) in [5.41, 5.74) is -0.333. The lowest BCUT2D eigenvalue weighted by Gasteiger charge is -2.18. The van der Waals surface area contributed by atoms with Crippen LogP contribution in [0, 0.1) is 5.82 Å². The first-order chi connectivity index (χ1) is 42.9. The molecule has 0 radical (unpaired) electrons. The number of nitrogens with one attached hydrogen (secondary N) is 5. The average molecular weight is 1410 g/mol. The SMILES string of the molecule is CC(C)=C1OC(=O)N(c2cc(OC3CCCC3)c(Cl)cc2F)C1=O.CCS(=O)(=O)c1cccnc1S(=O)(=O)NC(=O)Nc1nc(OC)cc(OC)n1.O=C(Nc1nc(OC(F)F)cc(OC(F)F)n1)NS(=O)(=O)c1ccccc1C(=O)O.O=C(O)CNCP(=O)(O)O. The predicted molar refractivity (Wildman–Crippen MR) is 304 cm³/mol. The number of carbonyl (C=O) groups is 6. The molecule has 1 saturated heterocycles. The number of hydrogen-bond acceptors (Lipinski definition) is 25. The zero-order chi connectivity index (χ0) is 69.1. The molecule has 2 fully saturated rings. The van der Waals surface area contributed by atoms with Gasteiger partial charge >= 0.3 is 56.8 Å². The number of sulfone groups is 1. The van der Waals surface area contributed by atoms with Crippen LogP contribution in [0.15, 0.2) is 93.0 Å². The summed E-state index contributed by atoms with van der Waals surface area (Å²) in [4.78, 5) is 103. The minimum absolute atomic E-state index is 0.00962. The quantitative estimate of drug-likeness (QED) is 0.0236. The zero-order valence-electron chi connectivity index (χ0n) is 47.7. The van der Waals surface area contributed by atoms with Crippen LogP contribution in [0.5, 0.6) is 29.3 Å². The maximum atomic E-state index is 14.3. The van der Waals surface area contributed by atoms with E-state index in [1.165, 1.54) is 56.2 Å². The van der Waals surface area contributed by atoms with Crippen molar-refractivity contribution in [2.75, 3.05) is 48.3 Å². The van der Waals surface area contributed by atoms with Crippen LogP contribution in [-0.4, -0.2) is 158 Å². The minimum atomic E-state index is -4.71. The van der Waals surface area contributed by atoms with Gasteiger partial charge in [0.15, 0.2) is 20.6 Å². The molecule has 3 aromatic heterocycles. The first kappa shape index (κ1) is 75.3. The van der Waals surface area contributed by atoms with Crippen LogP contribution in [-0.2, 0) is 48.8 Å². The average Bonchev–Trinajstić information content (AvgIpc) is 1.46. The summed E-state index contributed by atoms with van der Waals surface area (Å²) in [5.74, 6) is -7.45. The van der Waals surface area contributed by atoms with Gasteiger partial charge in [0.2, 0.25) is 35.4 Å². The summed E-state index contributed by atoms with van der Waals surface area (Å²) in [6.45, 7) is -2.63. The van der Waals surface area contributed by atoms with Crippen molar-refractivity contribution in [3.63, 3.8) is 0 Å². The van der Waals surface area contributed by atoms with E-state index in [1.807, 2.05) is 0 Å². The van der Waals surface area contributed by atoms with Gasteiger partial charge in [-0.15, -0.1) is 0 Å². The van der Waals surface area contributed by atoms with Gasteiger partial charge in [0.1, 0.15) is 21.4 Å². The number of carboxylic acid groups (broad SMARTS) is 2. The first-order valence-corrected chi connectivity index (χ1v) is 32.0. The smallest absolute Gasteiger partial charge is 0.427 e. The van der Waals surface area contributed by atoms with Crippen molar-refractivity contribution in [2.45, 2.75) is 80.6 Å². The number of aliphatic carboxylic acids is 1. The fraction of sp³-hybridized carbons (Fsp3) is 0.312. The second kappa shape index (κ2) is 33.2. The van der Waals surface area contributed by atoms with Gasteiger partial charge in [0, 0.05) is 12.3 Å². The number of imide groups is 1. The Morgan fingerprint density at radius 1 is 0.772 bits per heavy atom. The number of ether oxygens (including phenoxy) is 6. The number of allylic oxidation sites excluding steroid dienone is 1. The number of carbonyl (C=O) groups excluding carboxylic acids is 4. The third-order valence-corrected chi connectivity index (χ3v) is 16.4. The number of pyridine rings is 1. The first-order valence-electron chi connectivity index (χ1n) is 25.2. The Bertz CT molecular complexity index is 3930. The van der Waals surface area contributed by atoms with Crippen LogP contribution >= 0.6 is 19.2 Å². The molecule has 7 rings (SSSR count). The molecule has 0 spiro atoms. The van der Waals surface area contributed by atoms with E-state index in [1.54, 1.807) is 23.9 Å². The van der Waals surface area contributed by atoms with Gasteiger partial charge < -0.3 is 48.4 Å². The predicted octanol–water partition coefficient (Wildman–Crippen LogP) is 5.45. The Labute approximate surface area is 522 Å². The van der Waals surface area contributed by atoms with E-state index in [-0.39, 0.29) is 51.8 Å². The van der Waals surface area contributed by atoms with Crippen molar-refractivity contribution in [1.82, 2.24) is 39.7 Å². The van der Waals surface area contributed by atoms with E-state index < -0.39 is 143 Å². The van der Waals surface area contributed by atoms with Crippen molar-refractivity contribution in [1.29, 1.82) is 0 Å². The number of rotatable bonds is 22. The van der Waals surface area contributed by atoms with E-state index in [2.05, 4.69) is 45.0 Å². The number of halogens is 6. The molecule has 1 saturated carbocycles. The van der Waals surface area contributed by atoms with Crippen molar-refractivity contribution in [2.24, 2.45) is 0 Å². The normalized spacial score (nSPS) is 13.2. The number of hydrogen-bond donors (Lipinski definition) is 9. The lowest BCUT2D eigenvalue weighted by atomic mass is 10.2. The summed E-state index contributed by atoms with van der Waals surface area (Å²) in [5, 5.41) is 22.2. The lowest BCUT2D eigenvalue weighted by molar-refractivity contribution is -0.135. The number of benzene rings is 2. The Morgan fingerprint density at radius 3 is 1.76 bits per heavy atom. The van der Waals surface area contributed by atoms with E-state index in [4.69, 9.17) is 50.5 Å². The molecular formula is C48H52ClF5N11O23PS3. The fourth-order valence-electron chi connectivity index (χ4n) is 7.04. The Hall–Kier alpha value is -9.19. The number of cyclic esters (lactones) is 1. The summed E-state index contributed by atoms with van der Waals surface area (Å²) in [6.07, 6.45) is 3.50. The maximum Gasteiger partial charge on any atom is 0.427 e. The third kappa shape index (κ3) is 22.9. The summed E-state index contributed by atoms with van der Waals surface area (Å²) >= 11 is 6.04. The number of amides is 6. The number of carboxylic acids is 2. The molecule has 2 aliphatic rings. The minimum Gasteiger partial charge on any atom is -0.489 e. The molecule has 1 aliphatic heterocycles. The second-order valence-electron chi connectivity index (χ2n) is 17.8. The van der Waals surface area contributed by atoms with Crippen LogP contribution in [0.25, 0.3) is 0 Å². The van der Waals surface area contributed by atoms with Crippen LogP contribution in [0.2, 0.25) is 5.02 Å². The van der Waals surface area contributed by atoms with E-state index >= 15 is 0 Å². The Morgan fingerprint density at radius 2 is 1.28 bits per heavy atom. The number of alkyl halides is 4. The summed E-state index contributed by atoms with van der Waals surface area (Å²) in [7, 11) is -14.7. The third-order valence-electron chi connectivity index (χ3n) is 10.9. The topological polar surface area (TPSA) is 486 Å². The fourth-order valence-corrected chi connectivity index (χ4v) is 11.3. The molecule has 1 aliphatic carbocycles. The molecule has 502 valence electrons. The molecule has 34 nitrogen and oxygen atoms in total. The van der Waals surface area contributed by atoms with Gasteiger partial charge in [-0.3, -0.25) is 30.1 Å². The van der Waals surface area contributed by atoms with Crippen LogP contribution < -0.4 is 54.0 Å². The monoisotopic (exact) mass is 1410 g/mol. The Kier molecular flexibility index (Phi) is 27.2. The molecule has 92 heavy (non-hydrogen) atoms. The molecule has 0 bridgehead atoms. The number of anilines is 3. The van der Waals surface area contributed by atoms with E-state index in [0.717, 1.165) is 56.1 Å². The number of urea groups is 2. The number of aromatic carboxylic acids is 1. The van der Waals surface area contributed by atoms with Crippen LogP contribution in [0.1, 0.15) is 56.8 Å². The van der Waals surface area contributed by atoms with Gasteiger partial charge in [0.05, 0.1) is 67.3 Å². The second-order valence-corrected chi connectivity index (χ2v) is 25.3. The number of nitrogens with zero attached hydrogens (tertiary/aromatic N) is 6. The van der Waals surface area contributed by atoms with Gasteiger partial charge in [-0.2, -0.15) is 45.9 Å².